The minimum absolute atomic E-state index is 0.212. The molecule has 0 aromatic heterocycles. The summed E-state index contributed by atoms with van der Waals surface area (Å²) < 4.78 is 25.2. The van der Waals surface area contributed by atoms with Crippen LogP contribution in [0.5, 0.6) is 11.5 Å². The van der Waals surface area contributed by atoms with Gasteiger partial charge in [-0.15, -0.1) is 0 Å². The topological polar surface area (TPSA) is 46.1 Å². The third-order valence-electron chi connectivity index (χ3n) is 4.68. The van der Waals surface area contributed by atoms with Crippen molar-refractivity contribution in [2.75, 3.05) is 33.4 Å². The summed E-state index contributed by atoms with van der Waals surface area (Å²) >= 11 is 0. The van der Waals surface area contributed by atoms with Crippen molar-refractivity contribution in [2.24, 2.45) is 10.9 Å². The monoisotopic (exact) mass is 385 g/mol. The lowest BCUT2D eigenvalue weighted by Gasteiger charge is -2.24. The second kappa shape index (κ2) is 10.1. The van der Waals surface area contributed by atoms with E-state index < -0.39 is 0 Å². The Bertz CT molecular complexity index is 791. The summed E-state index contributed by atoms with van der Waals surface area (Å²) in [5.41, 5.74) is 0.902. The van der Waals surface area contributed by atoms with E-state index in [1.165, 1.54) is 6.07 Å². The van der Waals surface area contributed by atoms with Crippen LogP contribution in [0.25, 0.3) is 0 Å². The normalized spacial score (nSPS) is 16.8. The van der Waals surface area contributed by atoms with Crippen molar-refractivity contribution in [3.05, 3.63) is 59.9 Å². The Labute approximate surface area is 166 Å². The van der Waals surface area contributed by atoms with E-state index in [0.717, 1.165) is 44.2 Å². The van der Waals surface area contributed by atoms with E-state index in [2.05, 4.69) is 17.1 Å². The van der Waals surface area contributed by atoms with Crippen molar-refractivity contribution in [3.8, 4) is 11.5 Å². The Balaban J connectivity index is 1.72. The SMILES string of the molecule is CCNC(=NCc1ccccc1Oc1ccccc1F)N(C)CC1CCOC1. The number of para-hydroxylation sites is 2. The maximum Gasteiger partial charge on any atom is 0.193 e. The molecule has 2 aromatic carbocycles. The van der Waals surface area contributed by atoms with Gasteiger partial charge >= 0.3 is 0 Å². The molecule has 0 aliphatic carbocycles. The highest BCUT2D eigenvalue weighted by molar-refractivity contribution is 5.79. The van der Waals surface area contributed by atoms with Crippen LogP contribution in [0.15, 0.2) is 53.5 Å². The average Bonchev–Trinajstić information content (AvgIpc) is 3.21. The summed E-state index contributed by atoms with van der Waals surface area (Å²) in [5.74, 6) is 1.82. The summed E-state index contributed by atoms with van der Waals surface area (Å²) in [6.45, 7) is 5.84. The first-order valence-electron chi connectivity index (χ1n) is 9.75. The molecule has 1 N–H and O–H groups in total. The quantitative estimate of drug-likeness (QED) is 0.577. The van der Waals surface area contributed by atoms with Crippen LogP contribution < -0.4 is 10.1 Å². The van der Waals surface area contributed by atoms with Gasteiger partial charge in [-0.1, -0.05) is 30.3 Å². The summed E-state index contributed by atoms with van der Waals surface area (Å²) in [5, 5.41) is 3.34. The minimum Gasteiger partial charge on any atom is -0.454 e. The zero-order valence-corrected chi connectivity index (χ0v) is 16.5. The first-order valence-corrected chi connectivity index (χ1v) is 9.75. The number of guanidine groups is 1. The molecule has 0 amide bonds. The summed E-state index contributed by atoms with van der Waals surface area (Å²) in [7, 11) is 2.04. The van der Waals surface area contributed by atoms with Crippen LogP contribution >= 0.6 is 0 Å². The zero-order chi connectivity index (χ0) is 19.8. The van der Waals surface area contributed by atoms with Crippen LogP contribution in [0.4, 0.5) is 4.39 Å². The second-order valence-electron chi connectivity index (χ2n) is 6.92. The number of nitrogens with zero attached hydrogens (tertiary/aromatic N) is 2. The van der Waals surface area contributed by atoms with Crippen molar-refractivity contribution < 1.29 is 13.9 Å². The minimum atomic E-state index is -0.382. The zero-order valence-electron chi connectivity index (χ0n) is 16.5. The molecule has 150 valence electrons. The van der Waals surface area contributed by atoms with Gasteiger partial charge in [-0.2, -0.15) is 0 Å². The van der Waals surface area contributed by atoms with Gasteiger partial charge in [0, 0.05) is 38.2 Å². The lowest BCUT2D eigenvalue weighted by Crippen LogP contribution is -2.41. The highest BCUT2D eigenvalue weighted by atomic mass is 19.1. The molecule has 1 unspecified atom stereocenters. The Morgan fingerprint density at radius 1 is 1.21 bits per heavy atom. The Morgan fingerprint density at radius 3 is 2.68 bits per heavy atom. The van der Waals surface area contributed by atoms with Crippen molar-refractivity contribution in [2.45, 2.75) is 19.9 Å². The predicted octanol–water partition coefficient (Wildman–Crippen LogP) is 4.05. The number of halogens is 1. The number of hydrogen-bond donors (Lipinski definition) is 1. The summed E-state index contributed by atoms with van der Waals surface area (Å²) in [6, 6.07) is 14.0. The molecule has 3 rings (SSSR count). The first-order chi connectivity index (χ1) is 13.7. The highest BCUT2D eigenvalue weighted by Gasteiger charge is 2.19. The molecule has 1 aliphatic rings. The van der Waals surface area contributed by atoms with Gasteiger partial charge in [0.25, 0.3) is 0 Å². The van der Waals surface area contributed by atoms with E-state index >= 15 is 0 Å². The molecule has 1 fully saturated rings. The number of nitrogens with one attached hydrogen (secondary N) is 1. The Hall–Kier alpha value is -2.60. The molecule has 1 atom stereocenters. The van der Waals surface area contributed by atoms with Gasteiger partial charge in [0.15, 0.2) is 17.5 Å². The molecule has 2 aromatic rings. The maximum atomic E-state index is 13.9. The highest BCUT2D eigenvalue weighted by Crippen LogP contribution is 2.27. The van der Waals surface area contributed by atoms with Gasteiger partial charge in [0.05, 0.1) is 13.2 Å². The van der Waals surface area contributed by atoms with Crippen LogP contribution in [0.3, 0.4) is 0 Å². The molecular weight excluding hydrogens is 357 g/mol. The lowest BCUT2D eigenvalue weighted by molar-refractivity contribution is 0.181. The molecule has 0 spiro atoms. The van der Waals surface area contributed by atoms with Gasteiger partial charge < -0.3 is 19.7 Å². The summed E-state index contributed by atoms with van der Waals surface area (Å²) in [4.78, 5) is 6.91. The van der Waals surface area contributed by atoms with Crippen molar-refractivity contribution in [3.63, 3.8) is 0 Å². The second-order valence-corrected chi connectivity index (χ2v) is 6.92. The van der Waals surface area contributed by atoms with E-state index in [9.17, 15) is 4.39 Å². The molecule has 0 bridgehead atoms. The molecule has 6 heteroatoms. The van der Waals surface area contributed by atoms with Crippen LogP contribution in [-0.2, 0) is 11.3 Å². The average molecular weight is 385 g/mol. The lowest BCUT2D eigenvalue weighted by atomic mass is 10.1. The van der Waals surface area contributed by atoms with Gasteiger partial charge in [-0.05, 0) is 31.5 Å². The van der Waals surface area contributed by atoms with Gasteiger partial charge in [-0.25, -0.2) is 9.38 Å². The fraction of sp³-hybridized carbons (Fsp3) is 0.409. The molecular formula is C22H28FN3O2. The van der Waals surface area contributed by atoms with Crippen LogP contribution in [0.1, 0.15) is 18.9 Å². The fourth-order valence-corrected chi connectivity index (χ4v) is 3.21. The van der Waals surface area contributed by atoms with Crippen LogP contribution in [0.2, 0.25) is 0 Å². The molecule has 0 saturated carbocycles. The van der Waals surface area contributed by atoms with Crippen molar-refractivity contribution in [1.29, 1.82) is 0 Å². The van der Waals surface area contributed by atoms with E-state index in [4.69, 9.17) is 14.5 Å². The Morgan fingerprint density at radius 2 is 1.96 bits per heavy atom. The van der Waals surface area contributed by atoms with E-state index in [-0.39, 0.29) is 11.6 Å². The standard InChI is InChI=1S/C22H28FN3O2/c1-3-24-22(26(2)15-17-12-13-27-16-17)25-14-18-8-4-6-10-20(18)28-21-11-7-5-9-19(21)23/h4-11,17H,3,12-16H2,1-2H3,(H,24,25). The number of aliphatic imine (C=N–C) groups is 1. The molecule has 0 radical (unpaired) electrons. The number of hydrogen-bond acceptors (Lipinski definition) is 3. The van der Waals surface area contributed by atoms with Gasteiger partial charge in [-0.3, -0.25) is 0 Å². The number of ether oxygens (including phenoxy) is 2. The molecule has 1 saturated heterocycles. The number of rotatable bonds is 7. The van der Waals surface area contributed by atoms with Gasteiger partial charge in [0.2, 0.25) is 0 Å². The molecule has 1 aliphatic heterocycles. The molecule has 1 heterocycles. The third kappa shape index (κ3) is 5.45. The summed E-state index contributed by atoms with van der Waals surface area (Å²) in [6.07, 6.45) is 1.09. The van der Waals surface area contributed by atoms with Crippen molar-refractivity contribution in [1.82, 2.24) is 10.2 Å². The first kappa shape index (κ1) is 20.1. The van der Waals surface area contributed by atoms with Crippen LogP contribution in [-0.4, -0.2) is 44.2 Å². The van der Waals surface area contributed by atoms with E-state index in [0.29, 0.717) is 18.2 Å². The fourth-order valence-electron chi connectivity index (χ4n) is 3.21. The Kier molecular flexibility index (Phi) is 7.25. The largest absolute Gasteiger partial charge is 0.454 e. The van der Waals surface area contributed by atoms with Gasteiger partial charge in [0.1, 0.15) is 5.75 Å². The van der Waals surface area contributed by atoms with E-state index in [1.807, 2.05) is 31.3 Å². The predicted molar refractivity (Wildman–Crippen MR) is 109 cm³/mol. The maximum absolute atomic E-state index is 13.9. The molecule has 28 heavy (non-hydrogen) atoms. The van der Waals surface area contributed by atoms with Crippen molar-refractivity contribution >= 4 is 5.96 Å². The van der Waals surface area contributed by atoms with Crippen LogP contribution in [0, 0.1) is 11.7 Å². The smallest absolute Gasteiger partial charge is 0.193 e. The number of benzene rings is 2. The molecule has 5 nitrogen and oxygen atoms in total. The van der Waals surface area contributed by atoms with E-state index in [1.54, 1.807) is 18.2 Å². The third-order valence-corrected chi connectivity index (χ3v) is 4.68.